The van der Waals surface area contributed by atoms with Crippen molar-refractivity contribution in [3.05, 3.63) is 12.2 Å². The Bertz CT molecular complexity index is 848. The molecular weight excluding hydrogens is 432 g/mol. The third-order valence-electron chi connectivity index (χ3n) is 5.03. The number of carbonyl (C=O) groups is 5. The van der Waals surface area contributed by atoms with E-state index in [9.17, 15) is 32.4 Å². The van der Waals surface area contributed by atoms with Crippen LogP contribution in [0.1, 0.15) is 64.2 Å². The Labute approximate surface area is 180 Å². The summed E-state index contributed by atoms with van der Waals surface area (Å²) in [4.78, 5) is 63.8. The molecule has 0 radical (unpaired) electrons. The highest BCUT2D eigenvalue weighted by molar-refractivity contribution is 7.87. The van der Waals surface area contributed by atoms with Gasteiger partial charge in [-0.25, -0.2) is 4.79 Å². The van der Waals surface area contributed by atoms with Gasteiger partial charge in [-0.3, -0.25) is 28.6 Å². The summed E-state index contributed by atoms with van der Waals surface area (Å²) in [5, 5.41) is -1.82. The molecule has 1 N–H and O–H groups in total. The van der Waals surface area contributed by atoms with E-state index in [1.165, 1.54) is 17.1 Å². The van der Waals surface area contributed by atoms with Crippen molar-refractivity contribution in [1.82, 2.24) is 9.96 Å². The van der Waals surface area contributed by atoms with E-state index >= 15 is 0 Å². The van der Waals surface area contributed by atoms with Gasteiger partial charge in [-0.2, -0.15) is 8.42 Å². The minimum absolute atomic E-state index is 0.0282. The first kappa shape index (κ1) is 24.7. The minimum atomic E-state index is -4.74. The smallest absolute Gasteiger partial charge is 0.330 e. The molecule has 1 fully saturated rings. The highest BCUT2D eigenvalue weighted by Crippen LogP contribution is 2.20. The Morgan fingerprint density at radius 3 is 1.97 bits per heavy atom. The van der Waals surface area contributed by atoms with Crippen LogP contribution in [0.25, 0.3) is 0 Å². The van der Waals surface area contributed by atoms with E-state index in [4.69, 9.17) is 4.55 Å². The SMILES string of the molecule is O=C(CCCCCCCCCCN1C(=O)C=CC1=O)ON1C(=O)C[C@H](S(=O)(=O)O)C1=O. The van der Waals surface area contributed by atoms with Gasteiger partial charge in [-0.1, -0.05) is 38.5 Å². The fourth-order valence-corrected chi connectivity index (χ4v) is 4.01. The summed E-state index contributed by atoms with van der Waals surface area (Å²) in [5.41, 5.74) is 0. The van der Waals surface area contributed by atoms with Crippen LogP contribution in [0.2, 0.25) is 0 Å². The monoisotopic (exact) mass is 458 g/mol. The van der Waals surface area contributed by atoms with Gasteiger partial charge < -0.3 is 4.84 Å². The normalized spacial score (nSPS) is 19.1. The number of unbranched alkanes of at least 4 members (excludes halogenated alkanes) is 7. The first-order valence-electron chi connectivity index (χ1n) is 10.2. The number of rotatable bonds is 13. The number of imide groups is 2. The van der Waals surface area contributed by atoms with Crippen LogP contribution in [0.15, 0.2) is 12.2 Å². The molecule has 0 bridgehead atoms. The molecule has 2 rings (SSSR count). The lowest BCUT2D eigenvalue weighted by atomic mass is 10.1. The first-order chi connectivity index (χ1) is 14.6. The summed E-state index contributed by atoms with van der Waals surface area (Å²) < 4.78 is 31.0. The average molecular weight is 458 g/mol. The molecule has 0 aromatic carbocycles. The highest BCUT2D eigenvalue weighted by atomic mass is 32.2. The Balaban J connectivity index is 1.49. The van der Waals surface area contributed by atoms with Crippen LogP contribution in [0, 0.1) is 0 Å². The summed E-state index contributed by atoms with van der Waals surface area (Å²) in [6, 6.07) is 0. The van der Waals surface area contributed by atoms with Crippen LogP contribution in [0.3, 0.4) is 0 Å². The van der Waals surface area contributed by atoms with Crippen molar-refractivity contribution < 1.29 is 41.8 Å². The number of nitrogens with zero attached hydrogens (tertiary/aromatic N) is 2. The first-order valence-corrected chi connectivity index (χ1v) is 11.7. The number of hydrogen-bond acceptors (Lipinski definition) is 8. The van der Waals surface area contributed by atoms with E-state index in [2.05, 4.69) is 4.84 Å². The van der Waals surface area contributed by atoms with Crippen molar-refractivity contribution in [3.8, 4) is 0 Å². The van der Waals surface area contributed by atoms with Gasteiger partial charge in [0.15, 0.2) is 5.25 Å². The second-order valence-corrected chi connectivity index (χ2v) is 9.04. The lowest BCUT2D eigenvalue weighted by molar-refractivity contribution is -0.197. The van der Waals surface area contributed by atoms with Gasteiger partial charge in [0.05, 0.1) is 6.42 Å². The molecule has 0 saturated carbocycles. The molecule has 2 aliphatic heterocycles. The van der Waals surface area contributed by atoms with E-state index in [0.29, 0.717) is 13.0 Å². The van der Waals surface area contributed by atoms with E-state index in [0.717, 1.165) is 44.9 Å². The fourth-order valence-electron chi connectivity index (χ4n) is 3.31. The molecule has 2 aliphatic rings. The van der Waals surface area contributed by atoms with Gasteiger partial charge in [-0.05, 0) is 12.8 Å². The number of carbonyl (C=O) groups excluding carboxylic acids is 5. The van der Waals surface area contributed by atoms with Crippen LogP contribution in [-0.4, -0.2) is 64.3 Å². The predicted molar refractivity (Wildman–Crippen MR) is 105 cm³/mol. The number of hydrogen-bond donors (Lipinski definition) is 1. The molecule has 0 unspecified atom stereocenters. The van der Waals surface area contributed by atoms with Gasteiger partial charge in [0.25, 0.3) is 33.7 Å². The molecule has 1 saturated heterocycles. The number of hydroxylamine groups is 2. The lowest BCUT2D eigenvalue weighted by Crippen LogP contribution is -2.36. The van der Waals surface area contributed by atoms with Gasteiger partial charge >= 0.3 is 5.97 Å². The highest BCUT2D eigenvalue weighted by Gasteiger charge is 2.48. The van der Waals surface area contributed by atoms with Crippen LogP contribution in [-0.2, 0) is 38.9 Å². The van der Waals surface area contributed by atoms with Crippen LogP contribution >= 0.6 is 0 Å². The molecule has 0 spiro atoms. The summed E-state index contributed by atoms with van der Waals surface area (Å²) in [7, 11) is -4.74. The summed E-state index contributed by atoms with van der Waals surface area (Å²) in [6.07, 6.45) is 8.46. The second-order valence-electron chi connectivity index (χ2n) is 7.44. The van der Waals surface area contributed by atoms with E-state index in [1.807, 2.05) is 0 Å². The molecule has 31 heavy (non-hydrogen) atoms. The maximum atomic E-state index is 11.8. The van der Waals surface area contributed by atoms with Crippen molar-refractivity contribution in [2.45, 2.75) is 69.5 Å². The van der Waals surface area contributed by atoms with Crippen molar-refractivity contribution >= 4 is 39.7 Å². The third-order valence-corrected chi connectivity index (χ3v) is 6.12. The molecule has 4 amide bonds. The van der Waals surface area contributed by atoms with E-state index in [-0.39, 0.29) is 23.3 Å². The topological polar surface area (TPSA) is 155 Å². The lowest BCUT2D eigenvalue weighted by Gasteiger charge is -2.13. The average Bonchev–Trinajstić information content (AvgIpc) is 3.16. The molecule has 0 aliphatic carbocycles. The maximum Gasteiger partial charge on any atom is 0.333 e. The molecule has 1 atom stereocenters. The van der Waals surface area contributed by atoms with Crippen LogP contribution in [0.4, 0.5) is 0 Å². The van der Waals surface area contributed by atoms with Crippen molar-refractivity contribution in [2.75, 3.05) is 6.54 Å². The molecule has 12 heteroatoms. The van der Waals surface area contributed by atoms with Crippen LogP contribution < -0.4 is 0 Å². The Hall–Kier alpha value is -2.60. The minimum Gasteiger partial charge on any atom is -0.330 e. The molecule has 172 valence electrons. The second kappa shape index (κ2) is 11.1. The molecular formula is C19H26N2O9S. The van der Waals surface area contributed by atoms with Crippen LogP contribution in [0.5, 0.6) is 0 Å². The quantitative estimate of drug-likeness (QED) is 0.241. The van der Waals surface area contributed by atoms with E-state index in [1.54, 1.807) is 0 Å². The third kappa shape index (κ3) is 7.24. The number of amides is 4. The molecule has 0 aromatic heterocycles. The Morgan fingerprint density at radius 2 is 1.45 bits per heavy atom. The van der Waals surface area contributed by atoms with Gasteiger partial charge in [0, 0.05) is 25.1 Å². The van der Waals surface area contributed by atoms with Gasteiger partial charge in [0.1, 0.15) is 0 Å². The predicted octanol–water partition coefficient (Wildman–Crippen LogP) is 0.896. The van der Waals surface area contributed by atoms with E-state index < -0.39 is 39.6 Å². The van der Waals surface area contributed by atoms with Gasteiger partial charge in [0.2, 0.25) is 0 Å². The molecule has 2 heterocycles. The van der Waals surface area contributed by atoms with Crippen molar-refractivity contribution in [1.29, 1.82) is 0 Å². The van der Waals surface area contributed by atoms with Crippen molar-refractivity contribution in [3.63, 3.8) is 0 Å². The zero-order valence-electron chi connectivity index (χ0n) is 17.0. The summed E-state index contributed by atoms with van der Waals surface area (Å²) in [5.74, 6) is -3.61. The zero-order chi connectivity index (χ0) is 23.0. The largest absolute Gasteiger partial charge is 0.333 e. The molecule has 0 aromatic rings. The fraction of sp³-hybridized carbons (Fsp3) is 0.632. The van der Waals surface area contributed by atoms with Gasteiger partial charge in [-0.15, -0.1) is 5.06 Å². The Morgan fingerprint density at radius 1 is 0.935 bits per heavy atom. The maximum absolute atomic E-state index is 11.8. The molecule has 11 nitrogen and oxygen atoms in total. The summed E-state index contributed by atoms with van der Waals surface area (Å²) >= 11 is 0. The standard InChI is InChI=1S/C19H26N2O9S/c22-15-10-11-16(23)20(15)12-8-6-4-2-1-3-5-7-9-18(25)30-21-17(24)13-14(19(21)26)31(27,28)29/h10-11,14H,1-9,12-13H2,(H,27,28,29)/t14-/m0/s1. The zero-order valence-corrected chi connectivity index (χ0v) is 17.8. The summed E-state index contributed by atoms with van der Waals surface area (Å²) in [6.45, 7) is 0.430. The Kier molecular flexibility index (Phi) is 8.87. The van der Waals surface area contributed by atoms with Crippen molar-refractivity contribution in [2.24, 2.45) is 0 Å².